The summed E-state index contributed by atoms with van der Waals surface area (Å²) in [5, 5.41) is 21.0. The highest BCUT2D eigenvalue weighted by Gasteiger charge is 2.29. The smallest absolute Gasteiger partial charge is 0.318 e. The molecule has 3 N–H and O–H groups in total. The molecule has 1 heterocycles. The Balaban J connectivity index is 2.60. The molecule has 1 unspecified atom stereocenters. The summed E-state index contributed by atoms with van der Waals surface area (Å²) in [6, 6.07) is -0.339. The van der Waals surface area contributed by atoms with Crippen LogP contribution in [0.2, 0.25) is 0 Å². The van der Waals surface area contributed by atoms with Crippen molar-refractivity contribution in [2.75, 3.05) is 13.2 Å². The second-order valence-corrected chi connectivity index (χ2v) is 6.09. The summed E-state index contributed by atoms with van der Waals surface area (Å²) in [6.45, 7) is 4.26. The van der Waals surface area contributed by atoms with E-state index in [9.17, 15) is 14.7 Å². The summed E-state index contributed by atoms with van der Waals surface area (Å²) in [7, 11) is 0. The fourth-order valence-electron chi connectivity index (χ4n) is 2.48. The second-order valence-electron chi connectivity index (χ2n) is 6.09. The minimum Gasteiger partial charge on any atom is -0.481 e. The topological polar surface area (TPSA) is 89.9 Å². The third-order valence-corrected chi connectivity index (χ3v) is 3.76. The quantitative estimate of drug-likeness (QED) is 0.715. The summed E-state index contributed by atoms with van der Waals surface area (Å²) in [6.07, 6.45) is 4.27. The van der Waals surface area contributed by atoms with Crippen LogP contribution in [-0.2, 0) is 4.79 Å². The number of carboxylic acid groups (broad SMARTS) is 1. The van der Waals surface area contributed by atoms with E-state index >= 15 is 0 Å². The minimum absolute atomic E-state index is 0.0245. The van der Waals surface area contributed by atoms with Gasteiger partial charge in [-0.25, -0.2) is 4.79 Å². The Hall–Kier alpha value is -1.30. The van der Waals surface area contributed by atoms with E-state index < -0.39 is 11.5 Å². The number of likely N-dealkylation sites (tertiary alicyclic amines) is 1. The number of carboxylic acids is 1. The van der Waals surface area contributed by atoms with Crippen LogP contribution in [0.1, 0.15) is 52.4 Å². The highest BCUT2D eigenvalue weighted by atomic mass is 16.4. The highest BCUT2D eigenvalue weighted by Crippen LogP contribution is 2.18. The van der Waals surface area contributed by atoms with Gasteiger partial charge in [0.05, 0.1) is 12.6 Å². The van der Waals surface area contributed by atoms with Crippen LogP contribution in [0.3, 0.4) is 0 Å². The molecule has 20 heavy (non-hydrogen) atoms. The molecule has 1 rings (SSSR count). The Morgan fingerprint density at radius 2 is 2.00 bits per heavy atom. The molecule has 6 heteroatoms. The molecular weight excluding hydrogens is 260 g/mol. The largest absolute Gasteiger partial charge is 0.481 e. The maximum Gasteiger partial charge on any atom is 0.318 e. The van der Waals surface area contributed by atoms with E-state index in [1.54, 1.807) is 4.90 Å². The average molecular weight is 286 g/mol. The Bertz CT molecular complexity index is 344. The molecule has 1 aliphatic rings. The van der Waals surface area contributed by atoms with Gasteiger partial charge in [0.15, 0.2) is 0 Å². The molecule has 116 valence electrons. The van der Waals surface area contributed by atoms with Crippen LogP contribution in [0.5, 0.6) is 0 Å². The lowest BCUT2D eigenvalue weighted by atomic mass is 9.98. The maximum atomic E-state index is 12.3. The third kappa shape index (κ3) is 5.36. The number of urea groups is 1. The van der Waals surface area contributed by atoms with Crippen molar-refractivity contribution in [1.29, 1.82) is 0 Å². The summed E-state index contributed by atoms with van der Waals surface area (Å²) >= 11 is 0. The van der Waals surface area contributed by atoms with Crippen molar-refractivity contribution >= 4 is 12.0 Å². The fourth-order valence-corrected chi connectivity index (χ4v) is 2.48. The number of nitrogens with one attached hydrogen (secondary N) is 1. The van der Waals surface area contributed by atoms with Crippen molar-refractivity contribution in [3.8, 4) is 0 Å². The lowest BCUT2D eigenvalue weighted by Gasteiger charge is -2.34. The summed E-state index contributed by atoms with van der Waals surface area (Å²) in [5.74, 6) is -0.865. The Morgan fingerprint density at radius 3 is 2.60 bits per heavy atom. The van der Waals surface area contributed by atoms with Crippen molar-refractivity contribution < 1.29 is 19.8 Å². The number of carbonyl (C=O) groups is 2. The maximum absolute atomic E-state index is 12.3. The van der Waals surface area contributed by atoms with Gasteiger partial charge in [0.25, 0.3) is 0 Å². The van der Waals surface area contributed by atoms with Gasteiger partial charge in [-0.15, -0.1) is 0 Å². The molecule has 0 bridgehead atoms. The van der Waals surface area contributed by atoms with Crippen LogP contribution in [0.15, 0.2) is 0 Å². The van der Waals surface area contributed by atoms with Gasteiger partial charge in [-0.2, -0.15) is 0 Å². The number of aliphatic hydroxyl groups is 1. The number of hydrogen-bond acceptors (Lipinski definition) is 3. The number of rotatable bonds is 5. The molecule has 0 aromatic heterocycles. The third-order valence-electron chi connectivity index (χ3n) is 3.76. The molecule has 1 fully saturated rings. The molecule has 0 spiro atoms. The van der Waals surface area contributed by atoms with Crippen molar-refractivity contribution in [1.82, 2.24) is 10.2 Å². The molecule has 0 aromatic rings. The number of nitrogens with zero attached hydrogens (tertiary/aromatic N) is 1. The highest BCUT2D eigenvalue weighted by molar-refractivity contribution is 5.75. The van der Waals surface area contributed by atoms with E-state index in [0.717, 1.165) is 25.7 Å². The second kappa shape index (κ2) is 7.47. The lowest BCUT2D eigenvalue weighted by Crippen LogP contribution is -2.53. The van der Waals surface area contributed by atoms with Crippen LogP contribution in [0.4, 0.5) is 4.79 Å². The molecule has 1 aliphatic heterocycles. The van der Waals surface area contributed by atoms with Crippen molar-refractivity contribution in [3.63, 3.8) is 0 Å². The first-order chi connectivity index (χ1) is 9.35. The molecule has 0 aromatic carbocycles. The Labute approximate surface area is 120 Å². The van der Waals surface area contributed by atoms with Gasteiger partial charge in [-0.1, -0.05) is 12.8 Å². The van der Waals surface area contributed by atoms with Crippen molar-refractivity contribution in [3.05, 3.63) is 0 Å². The predicted octanol–water partition coefficient (Wildman–Crippen LogP) is 1.58. The van der Waals surface area contributed by atoms with E-state index in [1.807, 2.05) is 13.8 Å². The number of carbonyl (C=O) groups excluding carboxylic acids is 1. The van der Waals surface area contributed by atoms with Gasteiger partial charge >= 0.3 is 12.0 Å². The number of aliphatic carboxylic acids is 1. The Morgan fingerprint density at radius 1 is 1.30 bits per heavy atom. The molecule has 0 saturated carbocycles. The van der Waals surface area contributed by atoms with Crippen LogP contribution in [0, 0.1) is 0 Å². The lowest BCUT2D eigenvalue weighted by molar-refractivity contribution is -0.137. The molecule has 0 aliphatic carbocycles. The summed E-state index contributed by atoms with van der Waals surface area (Å²) < 4.78 is 0. The zero-order chi connectivity index (χ0) is 15.2. The average Bonchev–Trinajstić information content (AvgIpc) is 2.61. The molecule has 1 atom stereocenters. The summed E-state index contributed by atoms with van der Waals surface area (Å²) in [4.78, 5) is 24.6. The normalized spacial score (nSPS) is 20.4. The molecular formula is C14H26N2O4. The monoisotopic (exact) mass is 286 g/mol. The van der Waals surface area contributed by atoms with Gasteiger partial charge < -0.3 is 20.4 Å². The molecule has 2 amide bonds. The van der Waals surface area contributed by atoms with Gasteiger partial charge in [-0.3, -0.25) is 4.79 Å². The first-order valence-corrected chi connectivity index (χ1v) is 7.27. The number of hydrogen-bond donors (Lipinski definition) is 3. The zero-order valence-electron chi connectivity index (χ0n) is 12.4. The van der Waals surface area contributed by atoms with E-state index in [-0.39, 0.29) is 25.1 Å². The molecule has 6 nitrogen and oxygen atoms in total. The van der Waals surface area contributed by atoms with Crippen LogP contribution in [0.25, 0.3) is 0 Å². The summed E-state index contributed by atoms with van der Waals surface area (Å²) in [5.41, 5.74) is -0.568. The van der Waals surface area contributed by atoms with E-state index in [4.69, 9.17) is 5.11 Å². The number of amides is 2. The van der Waals surface area contributed by atoms with Crippen LogP contribution < -0.4 is 5.32 Å². The van der Waals surface area contributed by atoms with Gasteiger partial charge in [-0.05, 0) is 33.1 Å². The van der Waals surface area contributed by atoms with Gasteiger partial charge in [0, 0.05) is 18.5 Å². The predicted molar refractivity (Wildman–Crippen MR) is 75.5 cm³/mol. The van der Waals surface area contributed by atoms with E-state index in [1.165, 1.54) is 0 Å². The minimum atomic E-state index is -0.865. The van der Waals surface area contributed by atoms with E-state index in [2.05, 4.69) is 5.32 Å². The fraction of sp³-hybridized carbons (Fsp3) is 0.857. The first kappa shape index (κ1) is 16.8. The Kier molecular flexibility index (Phi) is 6.26. The van der Waals surface area contributed by atoms with Gasteiger partial charge in [0.2, 0.25) is 0 Å². The van der Waals surface area contributed by atoms with Crippen LogP contribution in [-0.4, -0.2) is 51.8 Å². The standard InChI is InChI=1S/C14H26N2O4/c1-14(2,8-7-12(18)19)15-13(20)16-9-5-3-4-6-11(16)10-17/h11,17H,3-10H2,1-2H3,(H,15,20)(H,18,19). The SMILES string of the molecule is CC(C)(CCC(=O)O)NC(=O)N1CCCCCC1CO. The molecule has 0 radical (unpaired) electrons. The zero-order valence-corrected chi connectivity index (χ0v) is 12.4. The van der Waals surface area contributed by atoms with Gasteiger partial charge in [0.1, 0.15) is 0 Å². The molecule has 1 saturated heterocycles. The number of aliphatic hydroxyl groups excluding tert-OH is 1. The van der Waals surface area contributed by atoms with E-state index in [0.29, 0.717) is 13.0 Å². The first-order valence-electron chi connectivity index (χ1n) is 7.27. The van der Waals surface area contributed by atoms with Crippen LogP contribution >= 0.6 is 0 Å². The van der Waals surface area contributed by atoms with Crippen molar-refractivity contribution in [2.24, 2.45) is 0 Å². The van der Waals surface area contributed by atoms with Crippen molar-refractivity contribution in [2.45, 2.75) is 64.0 Å².